The molecule has 12 heteroatoms. The zero-order chi connectivity index (χ0) is 25.9. The third-order valence-electron chi connectivity index (χ3n) is 7.59. The Morgan fingerprint density at radius 3 is 2.65 bits per heavy atom. The van der Waals surface area contributed by atoms with Crippen molar-refractivity contribution in [3.63, 3.8) is 0 Å². The highest BCUT2D eigenvalue weighted by Gasteiger charge is 2.71. The number of alkyl halides is 2. The molecule has 3 aromatic heterocycles. The van der Waals surface area contributed by atoms with E-state index in [9.17, 15) is 13.2 Å². The summed E-state index contributed by atoms with van der Waals surface area (Å²) in [5, 5.41) is 7.50. The fourth-order valence-electron chi connectivity index (χ4n) is 5.36. The lowest BCUT2D eigenvalue weighted by Crippen LogP contribution is -2.30. The first-order valence-electron chi connectivity index (χ1n) is 11.8. The van der Waals surface area contributed by atoms with E-state index in [4.69, 9.17) is 5.73 Å². The quantitative estimate of drug-likeness (QED) is 0.401. The van der Waals surface area contributed by atoms with Crippen LogP contribution in [0.2, 0.25) is 0 Å². The predicted octanol–water partition coefficient (Wildman–Crippen LogP) is 4.14. The molecule has 1 aliphatic heterocycles. The van der Waals surface area contributed by atoms with Crippen molar-refractivity contribution in [3.8, 4) is 22.6 Å². The largest absolute Gasteiger partial charge is 0.368 e. The Hall–Kier alpha value is -4.22. The number of nitrogens with two attached hydrogens (primary N) is 1. The summed E-state index contributed by atoms with van der Waals surface area (Å²) in [6.07, 6.45) is 0.787. The number of fused-ring (bicyclic) bond motifs is 1. The van der Waals surface area contributed by atoms with Crippen molar-refractivity contribution < 1.29 is 13.2 Å². The lowest BCUT2D eigenvalue weighted by atomic mass is 10.1. The average molecular weight is 508 g/mol. The topological polar surface area (TPSA) is 111 Å². The number of hydrogen-bond donors (Lipinski definition) is 2. The van der Waals surface area contributed by atoms with Gasteiger partial charge in [-0.1, -0.05) is 6.92 Å². The van der Waals surface area contributed by atoms with Gasteiger partial charge in [-0.2, -0.15) is 4.98 Å². The van der Waals surface area contributed by atoms with Crippen LogP contribution in [0.4, 0.5) is 36.6 Å². The van der Waals surface area contributed by atoms with E-state index < -0.39 is 17.7 Å². The van der Waals surface area contributed by atoms with Gasteiger partial charge in [0.1, 0.15) is 11.6 Å². The van der Waals surface area contributed by atoms with E-state index in [-0.39, 0.29) is 17.8 Å². The lowest BCUT2D eigenvalue weighted by Gasteiger charge is -2.23. The Morgan fingerprint density at radius 1 is 1.14 bits per heavy atom. The lowest BCUT2D eigenvalue weighted by molar-refractivity contribution is 0.0582. The van der Waals surface area contributed by atoms with E-state index in [1.807, 2.05) is 17.9 Å². The van der Waals surface area contributed by atoms with Crippen molar-refractivity contribution in [2.75, 3.05) is 29.0 Å². The molecule has 190 valence electrons. The number of nitrogens with zero attached hydrogens (tertiary/aromatic N) is 7. The molecule has 1 saturated heterocycles. The molecule has 0 bridgehead atoms. The van der Waals surface area contributed by atoms with Gasteiger partial charge in [0.2, 0.25) is 18.3 Å². The second kappa shape index (κ2) is 8.43. The molecule has 1 saturated carbocycles. The van der Waals surface area contributed by atoms with Gasteiger partial charge < -0.3 is 16.0 Å². The maximum absolute atomic E-state index is 14.8. The molecule has 3 N–H and O–H groups in total. The molecule has 0 radical (unpaired) electrons. The van der Waals surface area contributed by atoms with Crippen molar-refractivity contribution in [2.24, 2.45) is 24.3 Å². The molecule has 2 fully saturated rings. The van der Waals surface area contributed by atoms with Crippen LogP contribution in [-0.4, -0.2) is 49.2 Å². The summed E-state index contributed by atoms with van der Waals surface area (Å²) in [4.78, 5) is 18.8. The number of pyridine rings is 1. The molecule has 3 atom stereocenters. The van der Waals surface area contributed by atoms with Gasteiger partial charge in [-0.05, 0) is 48.2 Å². The van der Waals surface area contributed by atoms with E-state index in [0.717, 1.165) is 0 Å². The number of hydrogen-bond acceptors (Lipinski definition) is 8. The molecule has 0 unspecified atom stereocenters. The first-order valence-corrected chi connectivity index (χ1v) is 11.8. The van der Waals surface area contributed by atoms with Crippen molar-refractivity contribution in [1.82, 2.24) is 29.7 Å². The first kappa shape index (κ1) is 23.2. The molecular weight excluding hydrogens is 483 g/mol. The molecule has 0 spiro atoms. The number of halogens is 3. The van der Waals surface area contributed by atoms with Crippen LogP contribution < -0.4 is 16.0 Å². The maximum atomic E-state index is 14.8. The molecule has 4 aromatic rings. The second-order valence-electron chi connectivity index (χ2n) is 9.60. The number of nitrogen functional groups attached to an aromatic ring is 1. The van der Waals surface area contributed by atoms with Crippen LogP contribution in [-0.2, 0) is 7.05 Å². The van der Waals surface area contributed by atoms with E-state index in [1.54, 1.807) is 42.2 Å². The highest BCUT2D eigenvalue weighted by Crippen LogP contribution is 2.66. The number of rotatable bonds is 6. The van der Waals surface area contributed by atoms with Crippen molar-refractivity contribution in [3.05, 3.63) is 54.6 Å². The SMILES string of the molecule is C[C@H]1[C@H]2CN(c3ccc(-c4nc(Nc5ccc(-c6ccnc(N)n6)c(F)c5)n(C)n4)cn3)C[C@]21C(F)F. The zero-order valence-corrected chi connectivity index (χ0v) is 20.1. The fourth-order valence-corrected chi connectivity index (χ4v) is 5.36. The smallest absolute Gasteiger partial charge is 0.246 e. The average Bonchev–Trinajstić information content (AvgIpc) is 3.17. The highest BCUT2D eigenvalue weighted by atomic mass is 19.3. The van der Waals surface area contributed by atoms with Gasteiger partial charge >= 0.3 is 0 Å². The molecule has 2 aliphatic rings. The molecule has 9 nitrogen and oxygen atoms in total. The molecule has 4 heterocycles. The highest BCUT2D eigenvalue weighted by molar-refractivity contribution is 5.66. The van der Waals surface area contributed by atoms with E-state index in [1.165, 1.54) is 12.3 Å². The number of nitrogens with one attached hydrogen (secondary N) is 1. The number of aryl methyl sites for hydroxylation is 1. The van der Waals surface area contributed by atoms with Crippen molar-refractivity contribution in [2.45, 2.75) is 13.3 Å². The molecule has 0 amide bonds. The normalized spacial score (nSPS) is 22.4. The van der Waals surface area contributed by atoms with Crippen molar-refractivity contribution >= 4 is 23.4 Å². The summed E-state index contributed by atoms with van der Waals surface area (Å²) in [6.45, 7) is 2.81. The van der Waals surface area contributed by atoms with E-state index >= 15 is 0 Å². The first-order chi connectivity index (χ1) is 17.8. The van der Waals surface area contributed by atoms with Crippen molar-refractivity contribution in [1.29, 1.82) is 0 Å². The fraction of sp³-hybridized carbons (Fsp3) is 0.320. The predicted molar refractivity (Wildman–Crippen MR) is 133 cm³/mol. The Balaban J connectivity index is 1.17. The zero-order valence-electron chi connectivity index (χ0n) is 20.1. The van der Waals surface area contributed by atoms with Crippen LogP contribution in [0.15, 0.2) is 48.8 Å². The number of piperidine rings is 1. The minimum absolute atomic E-state index is 0.0121. The molecule has 37 heavy (non-hydrogen) atoms. The Bertz CT molecular complexity index is 1470. The van der Waals surface area contributed by atoms with Crippen LogP contribution in [0.5, 0.6) is 0 Å². The summed E-state index contributed by atoms with van der Waals surface area (Å²) in [7, 11) is 1.72. The van der Waals surface area contributed by atoms with Gasteiger partial charge in [0, 0.05) is 49.3 Å². The second-order valence-corrected chi connectivity index (χ2v) is 9.60. The third-order valence-corrected chi connectivity index (χ3v) is 7.59. The van der Waals surface area contributed by atoms with Crippen LogP contribution in [0.1, 0.15) is 6.92 Å². The van der Waals surface area contributed by atoms with E-state index in [0.29, 0.717) is 53.2 Å². The Kier molecular flexibility index (Phi) is 5.28. The number of benzene rings is 1. The minimum atomic E-state index is -2.32. The monoisotopic (exact) mass is 507 g/mol. The van der Waals surface area contributed by atoms with Crippen LogP contribution in [0.3, 0.4) is 0 Å². The van der Waals surface area contributed by atoms with Gasteiger partial charge in [0.05, 0.1) is 11.1 Å². The molecule has 1 aromatic carbocycles. The van der Waals surface area contributed by atoms with Crippen LogP contribution in [0, 0.1) is 23.1 Å². The summed E-state index contributed by atoms with van der Waals surface area (Å²) in [5.74, 6) is 1.15. The Morgan fingerprint density at radius 2 is 1.97 bits per heavy atom. The van der Waals surface area contributed by atoms with E-state index in [2.05, 4.69) is 30.4 Å². The summed E-state index contributed by atoms with van der Waals surface area (Å²) in [5.41, 5.74) is 6.55. The van der Waals surface area contributed by atoms with Gasteiger partial charge in [0.25, 0.3) is 0 Å². The molecular formula is C25H24F3N9. The standard InChI is InChI=1S/C25H24F3N9/c1-13-17-11-37(12-25(13,17)22(27)28)20-6-3-14(10-31-20)21-34-24(36(2)35-21)32-15-4-5-16(18(26)9-15)19-7-8-30-23(29)33-19/h3-10,13,17,22H,11-12H2,1-2H3,(H2,29,30,33)(H,32,34,35)/t13-,17+,25+/m0/s1. The summed E-state index contributed by atoms with van der Waals surface area (Å²) >= 11 is 0. The third kappa shape index (κ3) is 3.83. The van der Waals surface area contributed by atoms with Crippen LogP contribution >= 0.6 is 0 Å². The van der Waals surface area contributed by atoms with Gasteiger partial charge in [0.15, 0.2) is 5.82 Å². The summed E-state index contributed by atoms with van der Waals surface area (Å²) < 4.78 is 43.6. The van der Waals surface area contributed by atoms with Gasteiger partial charge in [-0.15, -0.1) is 5.10 Å². The minimum Gasteiger partial charge on any atom is -0.368 e. The molecule has 6 rings (SSSR count). The molecule has 1 aliphatic carbocycles. The number of anilines is 4. The van der Waals surface area contributed by atoms with Gasteiger partial charge in [-0.3, -0.25) is 0 Å². The Labute approximate surface area is 210 Å². The summed E-state index contributed by atoms with van der Waals surface area (Å²) in [6, 6.07) is 9.86. The van der Waals surface area contributed by atoms with Crippen LogP contribution in [0.25, 0.3) is 22.6 Å². The number of aromatic nitrogens is 6. The van der Waals surface area contributed by atoms with Gasteiger partial charge in [-0.25, -0.2) is 32.8 Å². The maximum Gasteiger partial charge on any atom is 0.246 e.